The van der Waals surface area contributed by atoms with Crippen LogP contribution in [0.2, 0.25) is 0 Å². The monoisotopic (exact) mass is 357 g/mol. The van der Waals surface area contributed by atoms with Crippen LogP contribution in [0.5, 0.6) is 5.75 Å². The van der Waals surface area contributed by atoms with E-state index in [1.165, 1.54) is 14.0 Å². The zero-order chi connectivity index (χ0) is 19.0. The SMILES string of the molecule is CC(N)=O.COC(=O)c1ccc(OC2CC(O)C(O)C(CO)O2)cc1. The molecule has 0 radical (unpaired) electrons. The first-order valence-electron chi connectivity index (χ1n) is 7.52. The lowest BCUT2D eigenvalue weighted by Crippen LogP contribution is -2.51. The Morgan fingerprint density at radius 1 is 1.28 bits per heavy atom. The lowest BCUT2D eigenvalue weighted by Gasteiger charge is -2.36. The molecule has 9 nitrogen and oxygen atoms in total. The van der Waals surface area contributed by atoms with E-state index >= 15 is 0 Å². The summed E-state index contributed by atoms with van der Waals surface area (Å²) in [6.45, 7) is 0.888. The molecule has 4 unspecified atom stereocenters. The fourth-order valence-electron chi connectivity index (χ4n) is 2.08. The number of ether oxygens (including phenoxy) is 3. The Morgan fingerprint density at radius 2 is 1.84 bits per heavy atom. The number of hydrogen-bond donors (Lipinski definition) is 4. The molecule has 0 bridgehead atoms. The number of benzene rings is 1. The van der Waals surface area contributed by atoms with Crippen LogP contribution in [-0.2, 0) is 14.3 Å². The summed E-state index contributed by atoms with van der Waals surface area (Å²) in [7, 11) is 1.30. The minimum atomic E-state index is -1.14. The topological polar surface area (TPSA) is 149 Å². The van der Waals surface area contributed by atoms with E-state index in [0.717, 1.165) is 0 Å². The van der Waals surface area contributed by atoms with Crippen LogP contribution >= 0.6 is 0 Å². The highest BCUT2D eigenvalue weighted by molar-refractivity contribution is 5.89. The molecular formula is C16H23NO8. The van der Waals surface area contributed by atoms with Gasteiger partial charge in [0.2, 0.25) is 12.2 Å². The molecule has 9 heteroatoms. The molecule has 4 atom stereocenters. The van der Waals surface area contributed by atoms with Crippen LogP contribution in [0.3, 0.4) is 0 Å². The predicted molar refractivity (Wildman–Crippen MR) is 85.7 cm³/mol. The summed E-state index contributed by atoms with van der Waals surface area (Å²) in [5.74, 6) is -0.345. The zero-order valence-corrected chi connectivity index (χ0v) is 14.0. The first-order chi connectivity index (χ1) is 11.8. The highest BCUT2D eigenvalue weighted by Crippen LogP contribution is 2.23. The highest BCUT2D eigenvalue weighted by atomic mass is 16.7. The Balaban J connectivity index is 0.000000705. The summed E-state index contributed by atoms with van der Waals surface area (Å²) in [4.78, 5) is 20.5. The van der Waals surface area contributed by atoms with E-state index in [9.17, 15) is 19.8 Å². The van der Waals surface area contributed by atoms with Crippen molar-refractivity contribution in [3.05, 3.63) is 29.8 Å². The number of esters is 1. The number of hydrogen-bond acceptors (Lipinski definition) is 8. The van der Waals surface area contributed by atoms with Gasteiger partial charge in [-0.05, 0) is 24.3 Å². The van der Waals surface area contributed by atoms with Gasteiger partial charge in [0.25, 0.3) is 0 Å². The predicted octanol–water partition coefficient (Wildman–Crippen LogP) is -0.827. The maximum atomic E-state index is 11.3. The fraction of sp³-hybridized carbons (Fsp3) is 0.500. The average molecular weight is 357 g/mol. The van der Waals surface area contributed by atoms with Crippen molar-refractivity contribution in [2.24, 2.45) is 5.73 Å². The maximum absolute atomic E-state index is 11.3. The number of amides is 1. The van der Waals surface area contributed by atoms with Crippen LogP contribution in [0.4, 0.5) is 0 Å². The summed E-state index contributed by atoms with van der Waals surface area (Å²) < 4.78 is 15.5. The first kappa shape index (κ1) is 20.8. The molecule has 1 aromatic rings. The second-order valence-corrected chi connectivity index (χ2v) is 5.32. The quantitative estimate of drug-likeness (QED) is 0.510. The van der Waals surface area contributed by atoms with Gasteiger partial charge in [0.05, 0.1) is 25.4 Å². The second-order valence-electron chi connectivity index (χ2n) is 5.32. The molecule has 0 aromatic heterocycles. The summed E-state index contributed by atoms with van der Waals surface area (Å²) in [6, 6.07) is 6.22. The van der Waals surface area contributed by atoms with E-state index in [0.29, 0.717) is 11.3 Å². The van der Waals surface area contributed by atoms with Gasteiger partial charge in [-0.15, -0.1) is 0 Å². The lowest BCUT2D eigenvalue weighted by atomic mass is 10.0. The molecule has 140 valence electrons. The van der Waals surface area contributed by atoms with Gasteiger partial charge in [-0.3, -0.25) is 4.79 Å². The van der Waals surface area contributed by atoms with Crippen LogP contribution in [-0.4, -0.2) is 65.5 Å². The molecule has 2 rings (SSSR count). The van der Waals surface area contributed by atoms with Crippen molar-refractivity contribution in [2.75, 3.05) is 13.7 Å². The van der Waals surface area contributed by atoms with Crippen LogP contribution in [0.25, 0.3) is 0 Å². The Bertz CT molecular complexity index is 558. The lowest BCUT2D eigenvalue weighted by molar-refractivity contribution is -0.229. The van der Waals surface area contributed by atoms with E-state index in [4.69, 9.17) is 14.6 Å². The molecule has 1 fully saturated rings. The third-order valence-electron chi connectivity index (χ3n) is 3.26. The third-order valence-corrected chi connectivity index (χ3v) is 3.26. The molecule has 1 amide bonds. The molecule has 1 saturated heterocycles. The standard InChI is InChI=1S/C14H18O7.C2H5NO/c1-19-14(18)8-2-4-9(5-3-8)20-12-6-10(16)13(17)11(7-15)21-12;1-2(3)4/h2-5,10-13,15-17H,6-7H2,1H3;1H3,(H2,3,4). The van der Waals surface area contributed by atoms with Crippen LogP contribution in [0.1, 0.15) is 23.7 Å². The van der Waals surface area contributed by atoms with Gasteiger partial charge in [-0.25, -0.2) is 4.79 Å². The number of carbonyl (C=O) groups is 2. The van der Waals surface area contributed by atoms with Crippen molar-refractivity contribution in [3.8, 4) is 5.75 Å². The summed E-state index contributed by atoms with van der Waals surface area (Å²) in [6.07, 6.45) is -3.78. The minimum absolute atomic E-state index is 0.0798. The average Bonchev–Trinajstić information content (AvgIpc) is 2.57. The molecule has 1 heterocycles. The molecule has 0 spiro atoms. The van der Waals surface area contributed by atoms with Crippen LogP contribution in [0.15, 0.2) is 24.3 Å². The Hall–Kier alpha value is -2.20. The largest absolute Gasteiger partial charge is 0.465 e. The molecule has 1 aliphatic heterocycles. The summed E-state index contributed by atoms with van der Waals surface area (Å²) in [5, 5.41) is 28.4. The fourth-order valence-corrected chi connectivity index (χ4v) is 2.08. The molecule has 5 N–H and O–H groups in total. The van der Waals surface area contributed by atoms with Gasteiger partial charge in [-0.2, -0.15) is 0 Å². The van der Waals surface area contributed by atoms with Crippen LogP contribution < -0.4 is 10.5 Å². The minimum Gasteiger partial charge on any atom is -0.465 e. The van der Waals surface area contributed by atoms with Crippen molar-refractivity contribution in [3.63, 3.8) is 0 Å². The summed E-state index contributed by atoms with van der Waals surface area (Å²) >= 11 is 0. The molecule has 1 aliphatic rings. The van der Waals surface area contributed by atoms with Crippen molar-refractivity contribution in [1.82, 2.24) is 0 Å². The molecule has 0 saturated carbocycles. The number of nitrogens with two attached hydrogens (primary N) is 1. The molecule has 25 heavy (non-hydrogen) atoms. The normalized spacial score (nSPS) is 25.3. The number of primary amides is 1. The van der Waals surface area contributed by atoms with E-state index < -0.39 is 37.2 Å². The van der Waals surface area contributed by atoms with Crippen molar-refractivity contribution in [1.29, 1.82) is 0 Å². The number of carbonyl (C=O) groups excluding carboxylic acids is 2. The maximum Gasteiger partial charge on any atom is 0.337 e. The van der Waals surface area contributed by atoms with E-state index in [1.807, 2.05) is 0 Å². The van der Waals surface area contributed by atoms with E-state index in [-0.39, 0.29) is 12.3 Å². The third kappa shape index (κ3) is 6.67. The molecule has 1 aromatic carbocycles. The van der Waals surface area contributed by atoms with Gasteiger partial charge < -0.3 is 35.3 Å². The van der Waals surface area contributed by atoms with E-state index in [1.54, 1.807) is 24.3 Å². The van der Waals surface area contributed by atoms with Gasteiger partial charge in [0, 0.05) is 13.3 Å². The number of methoxy groups -OCH3 is 1. The number of aliphatic hydroxyl groups is 3. The number of aliphatic hydroxyl groups excluding tert-OH is 3. The van der Waals surface area contributed by atoms with Crippen LogP contribution in [0, 0.1) is 0 Å². The Kier molecular flexibility index (Phi) is 8.29. The van der Waals surface area contributed by atoms with Crippen molar-refractivity contribution >= 4 is 11.9 Å². The smallest absolute Gasteiger partial charge is 0.337 e. The van der Waals surface area contributed by atoms with Gasteiger partial charge in [-0.1, -0.05) is 0 Å². The van der Waals surface area contributed by atoms with E-state index in [2.05, 4.69) is 10.5 Å². The number of rotatable bonds is 4. The zero-order valence-electron chi connectivity index (χ0n) is 14.0. The Morgan fingerprint density at radius 3 is 2.32 bits per heavy atom. The Labute approximate surface area is 144 Å². The second kappa shape index (κ2) is 9.94. The van der Waals surface area contributed by atoms with Crippen molar-refractivity contribution in [2.45, 2.75) is 37.9 Å². The molecular weight excluding hydrogens is 334 g/mol. The van der Waals surface area contributed by atoms with Crippen molar-refractivity contribution < 1.29 is 39.1 Å². The molecule has 0 aliphatic carbocycles. The first-order valence-corrected chi connectivity index (χ1v) is 7.52. The van der Waals surface area contributed by atoms with Gasteiger partial charge in [0.15, 0.2) is 0 Å². The highest BCUT2D eigenvalue weighted by Gasteiger charge is 2.37. The van der Waals surface area contributed by atoms with Gasteiger partial charge >= 0.3 is 5.97 Å². The summed E-state index contributed by atoms with van der Waals surface area (Å²) in [5.41, 5.74) is 4.86. The van der Waals surface area contributed by atoms with Gasteiger partial charge in [0.1, 0.15) is 18.0 Å².